The third-order valence-corrected chi connectivity index (χ3v) is 1.57. The topological polar surface area (TPSA) is 26.3 Å². The van der Waals surface area contributed by atoms with Crippen molar-refractivity contribution in [3.8, 4) is 0 Å². The minimum Gasteiger partial charge on any atom is -0.391 e. The van der Waals surface area contributed by atoms with Crippen LogP contribution in [0.15, 0.2) is 0 Å². The smallest absolute Gasteiger partial charge is 0.317 e. The molecule has 0 saturated carbocycles. The second-order valence-corrected chi connectivity index (χ2v) is 2.30. The van der Waals surface area contributed by atoms with Crippen LogP contribution in [0.2, 0.25) is 0 Å². The number of rotatable bonds is 0. The Morgan fingerprint density at radius 3 is 3.50 bits per heavy atom. The molecular weight excluding hydrogens is 124 g/mol. The SMILES string of the molecule is O=C1CC[CH]CSO1. The van der Waals surface area contributed by atoms with Crippen molar-refractivity contribution in [1.29, 1.82) is 0 Å². The maximum absolute atomic E-state index is 10.4. The average Bonchev–Trinajstić information content (AvgIpc) is 1.94. The van der Waals surface area contributed by atoms with Gasteiger partial charge < -0.3 is 4.18 Å². The van der Waals surface area contributed by atoms with Crippen LogP contribution in [0.3, 0.4) is 0 Å². The Hall–Kier alpha value is -0.180. The fourth-order valence-electron chi connectivity index (χ4n) is 0.493. The molecular formula is C5H7O2S. The van der Waals surface area contributed by atoms with E-state index >= 15 is 0 Å². The number of carbonyl (C=O) groups is 1. The Morgan fingerprint density at radius 2 is 2.62 bits per heavy atom. The normalized spacial score (nSPS) is 21.8. The maximum Gasteiger partial charge on any atom is 0.317 e. The van der Waals surface area contributed by atoms with Gasteiger partial charge in [0.2, 0.25) is 0 Å². The van der Waals surface area contributed by atoms with Crippen molar-refractivity contribution < 1.29 is 8.98 Å². The molecule has 1 fully saturated rings. The first-order chi connectivity index (χ1) is 3.89. The molecule has 1 aliphatic rings. The lowest BCUT2D eigenvalue weighted by atomic mass is 10.3. The summed E-state index contributed by atoms with van der Waals surface area (Å²) < 4.78 is 4.65. The summed E-state index contributed by atoms with van der Waals surface area (Å²) in [6.07, 6.45) is 3.47. The first kappa shape index (κ1) is 5.95. The molecule has 0 spiro atoms. The van der Waals surface area contributed by atoms with Gasteiger partial charge in [0.05, 0.1) is 12.0 Å². The van der Waals surface area contributed by atoms with Crippen LogP contribution in [-0.2, 0) is 8.98 Å². The summed E-state index contributed by atoms with van der Waals surface area (Å²) in [5.74, 6) is 0.745. The molecule has 3 heteroatoms. The van der Waals surface area contributed by atoms with Crippen LogP contribution in [0, 0.1) is 6.42 Å². The summed E-state index contributed by atoms with van der Waals surface area (Å²) >= 11 is 1.22. The van der Waals surface area contributed by atoms with Crippen LogP contribution in [0.25, 0.3) is 0 Å². The van der Waals surface area contributed by atoms with E-state index in [1.807, 2.05) is 0 Å². The number of hydrogen-bond acceptors (Lipinski definition) is 3. The van der Waals surface area contributed by atoms with E-state index < -0.39 is 0 Å². The predicted molar refractivity (Wildman–Crippen MR) is 32.1 cm³/mol. The minimum atomic E-state index is -0.0937. The molecule has 1 rings (SSSR count). The highest BCUT2D eigenvalue weighted by atomic mass is 32.2. The van der Waals surface area contributed by atoms with E-state index in [1.54, 1.807) is 0 Å². The van der Waals surface area contributed by atoms with E-state index in [-0.39, 0.29) is 5.97 Å². The van der Waals surface area contributed by atoms with Gasteiger partial charge in [-0.05, 0) is 12.8 Å². The second-order valence-electron chi connectivity index (χ2n) is 1.57. The fourth-order valence-corrected chi connectivity index (χ4v) is 1.04. The van der Waals surface area contributed by atoms with Gasteiger partial charge in [0.1, 0.15) is 0 Å². The van der Waals surface area contributed by atoms with Crippen molar-refractivity contribution in [3.63, 3.8) is 0 Å². The molecule has 0 aromatic carbocycles. The lowest BCUT2D eigenvalue weighted by Gasteiger charge is -1.91. The lowest BCUT2D eigenvalue weighted by molar-refractivity contribution is -0.132. The van der Waals surface area contributed by atoms with E-state index in [0.717, 1.165) is 12.2 Å². The van der Waals surface area contributed by atoms with Gasteiger partial charge in [-0.15, -0.1) is 0 Å². The van der Waals surface area contributed by atoms with Gasteiger partial charge in [0, 0.05) is 12.2 Å². The van der Waals surface area contributed by atoms with Crippen LogP contribution in [0.5, 0.6) is 0 Å². The predicted octanol–water partition coefficient (Wildman–Crippen LogP) is 1.18. The van der Waals surface area contributed by atoms with Gasteiger partial charge in [-0.2, -0.15) is 0 Å². The van der Waals surface area contributed by atoms with Gasteiger partial charge in [0.25, 0.3) is 0 Å². The van der Waals surface area contributed by atoms with Crippen molar-refractivity contribution in [2.24, 2.45) is 0 Å². The molecule has 45 valence electrons. The third kappa shape index (κ3) is 1.74. The highest BCUT2D eigenvalue weighted by Gasteiger charge is 2.07. The largest absolute Gasteiger partial charge is 0.391 e. The second kappa shape index (κ2) is 2.97. The Balaban J connectivity index is 2.27. The Kier molecular flexibility index (Phi) is 2.21. The number of hydrogen-bond donors (Lipinski definition) is 0. The standard InChI is InChI=1S/C5H7O2S/c6-5-3-1-2-4-8-7-5/h2H,1,3-4H2. The van der Waals surface area contributed by atoms with E-state index in [1.165, 1.54) is 12.0 Å². The summed E-state index contributed by atoms with van der Waals surface area (Å²) in [4.78, 5) is 10.4. The molecule has 0 atom stereocenters. The molecule has 0 N–H and O–H groups in total. The average molecular weight is 131 g/mol. The van der Waals surface area contributed by atoms with Crippen molar-refractivity contribution in [3.05, 3.63) is 6.42 Å². The van der Waals surface area contributed by atoms with E-state index in [9.17, 15) is 4.79 Å². The van der Waals surface area contributed by atoms with Crippen molar-refractivity contribution in [1.82, 2.24) is 0 Å². The molecule has 1 heterocycles. The molecule has 1 radical (unpaired) electrons. The zero-order chi connectivity index (χ0) is 5.82. The lowest BCUT2D eigenvalue weighted by Crippen LogP contribution is -1.93. The quantitative estimate of drug-likeness (QED) is 0.462. The van der Waals surface area contributed by atoms with Gasteiger partial charge >= 0.3 is 5.97 Å². The molecule has 0 aromatic rings. The van der Waals surface area contributed by atoms with Crippen molar-refractivity contribution >= 4 is 18.0 Å². The van der Waals surface area contributed by atoms with Gasteiger partial charge in [0.15, 0.2) is 0 Å². The monoisotopic (exact) mass is 131 g/mol. The summed E-state index contributed by atoms with van der Waals surface area (Å²) in [5, 5.41) is 0. The summed E-state index contributed by atoms with van der Waals surface area (Å²) in [5.41, 5.74) is 0. The van der Waals surface area contributed by atoms with Crippen LogP contribution in [-0.4, -0.2) is 11.7 Å². The molecule has 0 aliphatic carbocycles. The highest BCUT2D eigenvalue weighted by Crippen LogP contribution is 2.13. The Morgan fingerprint density at radius 1 is 1.75 bits per heavy atom. The zero-order valence-electron chi connectivity index (χ0n) is 4.42. The van der Waals surface area contributed by atoms with E-state index in [4.69, 9.17) is 0 Å². The minimum absolute atomic E-state index is 0.0937. The Labute approximate surface area is 52.8 Å². The Bertz CT molecular complexity index is 82.4. The molecule has 1 saturated heterocycles. The van der Waals surface area contributed by atoms with Gasteiger partial charge in [-0.25, -0.2) is 0 Å². The molecule has 1 aliphatic heterocycles. The summed E-state index contributed by atoms with van der Waals surface area (Å²) in [6.45, 7) is 0. The molecule has 0 bridgehead atoms. The van der Waals surface area contributed by atoms with Crippen LogP contribution in [0.1, 0.15) is 12.8 Å². The van der Waals surface area contributed by atoms with Crippen LogP contribution in [0.4, 0.5) is 0 Å². The number of carbonyl (C=O) groups excluding carboxylic acids is 1. The molecule has 0 unspecified atom stereocenters. The molecule has 8 heavy (non-hydrogen) atoms. The molecule has 0 aromatic heterocycles. The van der Waals surface area contributed by atoms with Crippen LogP contribution < -0.4 is 0 Å². The van der Waals surface area contributed by atoms with Crippen molar-refractivity contribution in [2.75, 3.05) is 5.75 Å². The zero-order valence-corrected chi connectivity index (χ0v) is 5.24. The van der Waals surface area contributed by atoms with E-state index in [2.05, 4.69) is 10.6 Å². The van der Waals surface area contributed by atoms with Gasteiger partial charge in [-0.1, -0.05) is 0 Å². The summed E-state index contributed by atoms with van der Waals surface area (Å²) in [7, 11) is 0. The van der Waals surface area contributed by atoms with E-state index in [0.29, 0.717) is 6.42 Å². The third-order valence-electron chi connectivity index (χ3n) is 0.890. The van der Waals surface area contributed by atoms with Crippen LogP contribution >= 0.6 is 12.0 Å². The first-order valence-corrected chi connectivity index (χ1v) is 3.44. The van der Waals surface area contributed by atoms with Gasteiger partial charge in [-0.3, -0.25) is 4.79 Å². The molecule has 2 nitrogen and oxygen atoms in total. The summed E-state index contributed by atoms with van der Waals surface area (Å²) in [6, 6.07) is 0. The fraction of sp³-hybridized carbons (Fsp3) is 0.600. The first-order valence-electron chi connectivity index (χ1n) is 2.53. The highest BCUT2D eigenvalue weighted by molar-refractivity contribution is 7.95. The van der Waals surface area contributed by atoms with Crippen molar-refractivity contribution in [2.45, 2.75) is 12.8 Å². The maximum atomic E-state index is 10.4. The molecule has 0 amide bonds.